The van der Waals surface area contributed by atoms with Crippen LogP contribution in [0, 0.1) is 49.9 Å². The summed E-state index contributed by atoms with van der Waals surface area (Å²) in [6.07, 6.45) is 15.9. The van der Waals surface area contributed by atoms with Gasteiger partial charge >= 0.3 is 31.1 Å². The first-order valence-electron chi connectivity index (χ1n) is 24.4. The molecule has 0 spiro atoms. The summed E-state index contributed by atoms with van der Waals surface area (Å²) in [5.74, 6) is 0.460. The van der Waals surface area contributed by atoms with Crippen molar-refractivity contribution in [2.75, 3.05) is 9.80 Å². The second kappa shape index (κ2) is 17.0. The Morgan fingerprint density at radius 1 is 0.403 bits per heavy atom. The molecule has 2 atom stereocenters. The number of nitrogens with zero attached hydrogens (tertiary/aromatic N) is 2. The number of hydrogen-bond acceptors (Lipinski definition) is 4. The van der Waals surface area contributed by atoms with Gasteiger partial charge in [-0.1, -0.05) is 121 Å². The molecule has 2 aliphatic carbocycles. The van der Waals surface area contributed by atoms with E-state index >= 15 is 0 Å². The number of furan rings is 2. The van der Waals surface area contributed by atoms with Crippen molar-refractivity contribution in [3.05, 3.63) is 254 Å². The van der Waals surface area contributed by atoms with E-state index < -0.39 is 0 Å². The van der Waals surface area contributed by atoms with Gasteiger partial charge in [0.15, 0.2) is 0 Å². The van der Waals surface area contributed by atoms with Crippen LogP contribution in [0.4, 0.5) is 28.4 Å². The number of fused-ring (bicyclic) bond motifs is 13. The number of nitrogens with one attached hydrogen (secondary N) is 1. The SMILES string of the molecule is C1=CC(N(c2ccccc2)c2ccc3c(c2)oc2cc4cc5c(cc4cc23)[nH]c2cc(N(c3ccccc3)c3ccc4oc6ccc7ccccc7c6c4c3)ccc25)=CC(C2[CH-]C=Cc3ccccc32)[CH-]1.[U+2]. The zero-order valence-corrected chi connectivity index (χ0v) is 43.1. The van der Waals surface area contributed by atoms with Crippen molar-refractivity contribution in [1.82, 2.24) is 4.98 Å². The van der Waals surface area contributed by atoms with Gasteiger partial charge in [0.2, 0.25) is 0 Å². The first-order chi connectivity index (χ1) is 35.1. The topological polar surface area (TPSA) is 48.6 Å². The molecule has 72 heavy (non-hydrogen) atoms. The summed E-state index contributed by atoms with van der Waals surface area (Å²) in [5.41, 5.74) is 14.8. The molecular weight excluding hydrogens is 1100 g/mol. The second-order valence-electron chi connectivity index (χ2n) is 18.9. The molecule has 2 unspecified atom stereocenters. The maximum absolute atomic E-state index is 6.80. The fraction of sp³-hybridized carbons (Fsp3) is 0.0303. The fourth-order valence-corrected chi connectivity index (χ4v) is 11.6. The van der Waals surface area contributed by atoms with Gasteiger partial charge in [0.25, 0.3) is 0 Å². The average molecular weight is 1150 g/mol. The molecule has 3 aromatic heterocycles. The summed E-state index contributed by atoms with van der Waals surface area (Å²) in [5, 5.41) is 11.5. The Bertz CT molecular complexity index is 4390. The van der Waals surface area contributed by atoms with Crippen LogP contribution < -0.4 is 9.80 Å². The van der Waals surface area contributed by atoms with Crippen LogP contribution >= 0.6 is 0 Å². The van der Waals surface area contributed by atoms with E-state index in [2.05, 4.69) is 258 Å². The smallest absolute Gasteiger partial charge is 0.456 e. The van der Waals surface area contributed by atoms with E-state index in [1.165, 1.54) is 32.7 Å². The van der Waals surface area contributed by atoms with E-state index in [0.29, 0.717) is 0 Å². The maximum Gasteiger partial charge on any atom is 2.00 e. The largest absolute Gasteiger partial charge is 2.00 e. The maximum atomic E-state index is 6.80. The van der Waals surface area contributed by atoms with Crippen LogP contribution in [0.1, 0.15) is 17.0 Å². The normalized spacial score (nSPS) is 15.3. The molecule has 1 N–H and O–H groups in total. The van der Waals surface area contributed by atoms with Crippen LogP contribution in [0.25, 0.3) is 93.3 Å². The zero-order chi connectivity index (χ0) is 46.6. The van der Waals surface area contributed by atoms with Crippen LogP contribution in [-0.2, 0) is 0 Å². The summed E-state index contributed by atoms with van der Waals surface area (Å²) < 4.78 is 13.2. The number of anilines is 5. The minimum Gasteiger partial charge on any atom is -0.456 e. The van der Waals surface area contributed by atoms with E-state index in [9.17, 15) is 0 Å². The molecule has 2 aliphatic rings. The molecule has 5 nitrogen and oxygen atoms in total. The molecule has 15 rings (SSSR count). The van der Waals surface area contributed by atoms with Crippen molar-refractivity contribution < 1.29 is 39.9 Å². The van der Waals surface area contributed by atoms with E-state index in [1.54, 1.807) is 0 Å². The van der Waals surface area contributed by atoms with Gasteiger partial charge in [-0.3, -0.25) is 0 Å². The number of benzene rings is 10. The van der Waals surface area contributed by atoms with E-state index in [4.69, 9.17) is 8.83 Å². The van der Waals surface area contributed by atoms with Gasteiger partial charge in [0, 0.05) is 77.9 Å². The van der Waals surface area contributed by atoms with E-state index in [0.717, 1.165) is 99.8 Å². The molecule has 338 valence electrons. The summed E-state index contributed by atoms with van der Waals surface area (Å²) in [6.45, 7) is 0. The van der Waals surface area contributed by atoms with Gasteiger partial charge in [-0.15, -0.1) is 5.56 Å². The van der Waals surface area contributed by atoms with Crippen molar-refractivity contribution in [2.24, 2.45) is 5.92 Å². The van der Waals surface area contributed by atoms with Crippen LogP contribution in [0.3, 0.4) is 0 Å². The zero-order valence-electron chi connectivity index (χ0n) is 39.0. The Hall–Kier alpha value is -8.27. The number of allylic oxidation sites excluding steroid dienone is 4. The van der Waals surface area contributed by atoms with Crippen molar-refractivity contribution in [2.45, 2.75) is 5.92 Å². The van der Waals surface area contributed by atoms with Crippen LogP contribution in [-0.4, -0.2) is 4.98 Å². The van der Waals surface area contributed by atoms with Crippen molar-refractivity contribution in [3.8, 4) is 0 Å². The van der Waals surface area contributed by atoms with Gasteiger partial charge in [0.05, 0.1) is 0 Å². The summed E-state index contributed by atoms with van der Waals surface area (Å²) in [7, 11) is 0. The van der Waals surface area contributed by atoms with Crippen LogP contribution in [0.5, 0.6) is 0 Å². The molecule has 0 saturated carbocycles. The Morgan fingerprint density at radius 2 is 1.06 bits per heavy atom. The minimum atomic E-state index is 0. The third-order valence-corrected chi connectivity index (χ3v) is 14.8. The molecule has 3 heterocycles. The van der Waals surface area contributed by atoms with Crippen molar-refractivity contribution in [3.63, 3.8) is 0 Å². The third-order valence-electron chi connectivity index (χ3n) is 14.8. The number of hydrogen-bond donors (Lipinski definition) is 1. The third kappa shape index (κ3) is 6.89. The Morgan fingerprint density at radius 3 is 1.93 bits per heavy atom. The van der Waals surface area contributed by atoms with Crippen LogP contribution in [0.2, 0.25) is 0 Å². The first kappa shape index (κ1) is 42.6. The molecular formula is C66H43N3O2U. The second-order valence-corrected chi connectivity index (χ2v) is 18.9. The monoisotopic (exact) mass is 1150 g/mol. The number of rotatable bonds is 7. The number of aromatic nitrogens is 1. The molecule has 0 saturated heterocycles. The molecule has 10 aromatic carbocycles. The van der Waals surface area contributed by atoms with Crippen molar-refractivity contribution in [1.29, 1.82) is 0 Å². The molecule has 0 fully saturated rings. The average Bonchev–Trinajstić information content (AvgIpc) is 4.10. The Balaban J connectivity index is 0.00000482. The molecule has 0 radical (unpaired) electrons. The van der Waals surface area contributed by atoms with Gasteiger partial charge in [-0.2, -0.15) is 6.08 Å². The summed E-state index contributed by atoms with van der Waals surface area (Å²) in [6, 6.07) is 71.8. The molecule has 6 heteroatoms. The molecule has 0 amide bonds. The number of para-hydroxylation sites is 2. The Kier molecular flexibility index (Phi) is 10.0. The van der Waals surface area contributed by atoms with Gasteiger partial charge in [-0.25, -0.2) is 31.1 Å². The van der Waals surface area contributed by atoms with E-state index in [-0.39, 0.29) is 42.9 Å². The van der Waals surface area contributed by atoms with Gasteiger partial charge < -0.3 is 23.6 Å². The quantitative estimate of drug-likeness (QED) is 0.162. The van der Waals surface area contributed by atoms with E-state index in [1.807, 2.05) is 0 Å². The predicted octanol–water partition coefficient (Wildman–Crippen LogP) is 18.3. The van der Waals surface area contributed by atoms with Gasteiger partial charge in [0.1, 0.15) is 22.3 Å². The first-order valence-corrected chi connectivity index (χ1v) is 24.4. The van der Waals surface area contributed by atoms with Gasteiger partial charge in [-0.05, 0) is 124 Å². The number of H-pyrrole nitrogens is 1. The van der Waals surface area contributed by atoms with Crippen molar-refractivity contribution >= 4 is 122 Å². The summed E-state index contributed by atoms with van der Waals surface area (Å²) >= 11 is 0. The standard InChI is InChI=1S/C66H43N3O2.U/c1-3-17-46(18-4-1)68(48-21-11-16-43(33-48)53-24-12-15-41-13-7-9-22-52(41)53)51-27-30-56-58-35-44-36-60-57(34-45(44)37-64(58)71-65(56)40-51)55-29-26-50(39-61(55)67-60)69(47-19-5-2-6-20-47)49-28-32-62-59(38-49)66-54-23-10-8-14-42(54)25-31-63(66)70-62;/h1-40,43,53,67H;/q-2;+2. The fourth-order valence-electron chi connectivity index (χ4n) is 11.6. The van der Waals surface area contributed by atoms with Crippen LogP contribution in [0.15, 0.2) is 239 Å². The minimum absolute atomic E-state index is 0. The molecule has 0 aliphatic heterocycles. The number of aromatic amines is 1. The predicted molar refractivity (Wildman–Crippen MR) is 296 cm³/mol. The molecule has 13 aromatic rings. The summed E-state index contributed by atoms with van der Waals surface area (Å²) in [4.78, 5) is 8.51. The molecule has 0 bridgehead atoms. The Labute approximate surface area is 439 Å².